The summed E-state index contributed by atoms with van der Waals surface area (Å²) in [5.41, 5.74) is 7.42. The Labute approximate surface area is 133 Å². The van der Waals surface area contributed by atoms with Crippen molar-refractivity contribution in [3.8, 4) is 0 Å². The molecule has 2 N–H and O–H groups in total. The molecule has 0 bridgehead atoms. The number of hydrogen-bond donors (Lipinski definition) is 1. The lowest BCUT2D eigenvalue weighted by atomic mass is 9.90. The molecule has 2 atom stereocenters. The molecule has 0 amide bonds. The average Bonchev–Trinajstić information content (AvgIpc) is 2.81. The van der Waals surface area contributed by atoms with Crippen molar-refractivity contribution in [1.82, 2.24) is 9.88 Å². The molecule has 4 heteroatoms. The van der Waals surface area contributed by atoms with Crippen molar-refractivity contribution in [2.45, 2.75) is 65.3 Å². The molecule has 0 aliphatic carbocycles. The van der Waals surface area contributed by atoms with Gasteiger partial charge < -0.3 is 10.6 Å². The zero-order chi connectivity index (χ0) is 15.6. The van der Waals surface area contributed by atoms with Crippen molar-refractivity contribution >= 4 is 11.3 Å². The Morgan fingerprint density at radius 3 is 2.67 bits per heavy atom. The summed E-state index contributed by atoms with van der Waals surface area (Å²) in [6.45, 7) is 14.7. The van der Waals surface area contributed by atoms with Crippen LogP contribution in [0.5, 0.6) is 0 Å². The first-order chi connectivity index (χ1) is 9.77. The molecule has 2 rings (SSSR count). The molecule has 120 valence electrons. The lowest BCUT2D eigenvalue weighted by Crippen LogP contribution is -2.35. The standard InChI is InChI=1S/C17H31N3S/c1-12-7-6-9-20(11-12)10-8-14-19-16(17(3,4)5)15(21-14)13(2)18/h12-13H,6-11,18H2,1-5H3. The van der Waals surface area contributed by atoms with Crippen LogP contribution in [0.2, 0.25) is 0 Å². The summed E-state index contributed by atoms with van der Waals surface area (Å²) in [5.74, 6) is 0.847. The lowest BCUT2D eigenvalue weighted by Gasteiger charge is -2.30. The summed E-state index contributed by atoms with van der Waals surface area (Å²) in [6.07, 6.45) is 3.79. The summed E-state index contributed by atoms with van der Waals surface area (Å²) in [5, 5.41) is 1.26. The maximum Gasteiger partial charge on any atom is 0.0944 e. The maximum atomic E-state index is 6.14. The van der Waals surface area contributed by atoms with Crippen molar-refractivity contribution < 1.29 is 0 Å². The number of aromatic nitrogens is 1. The Bertz CT molecular complexity index is 459. The highest BCUT2D eigenvalue weighted by atomic mass is 32.1. The normalized spacial score (nSPS) is 22.5. The van der Waals surface area contributed by atoms with Crippen LogP contribution >= 0.6 is 11.3 Å². The van der Waals surface area contributed by atoms with E-state index in [1.807, 2.05) is 11.3 Å². The summed E-state index contributed by atoms with van der Waals surface area (Å²) in [6, 6.07) is 0.0838. The van der Waals surface area contributed by atoms with E-state index in [4.69, 9.17) is 10.7 Å². The van der Waals surface area contributed by atoms with Gasteiger partial charge in [-0.2, -0.15) is 0 Å². The molecule has 1 aliphatic rings. The number of thiazole rings is 1. The smallest absolute Gasteiger partial charge is 0.0944 e. The van der Waals surface area contributed by atoms with Gasteiger partial charge in [0.2, 0.25) is 0 Å². The molecule has 0 spiro atoms. The second-order valence-corrected chi connectivity index (χ2v) is 8.77. The predicted octanol–water partition coefficient (Wildman–Crippen LogP) is 3.73. The lowest BCUT2D eigenvalue weighted by molar-refractivity contribution is 0.186. The van der Waals surface area contributed by atoms with Crippen LogP contribution in [0.4, 0.5) is 0 Å². The van der Waals surface area contributed by atoms with Crippen LogP contribution in [0.25, 0.3) is 0 Å². The zero-order valence-electron chi connectivity index (χ0n) is 14.3. The first-order valence-corrected chi connectivity index (χ1v) is 9.07. The number of likely N-dealkylation sites (tertiary alicyclic amines) is 1. The molecule has 0 aromatic carbocycles. The highest BCUT2D eigenvalue weighted by molar-refractivity contribution is 7.11. The van der Waals surface area contributed by atoms with E-state index in [1.165, 1.54) is 41.5 Å². The van der Waals surface area contributed by atoms with E-state index in [9.17, 15) is 0 Å². The maximum absolute atomic E-state index is 6.14. The molecule has 1 aromatic heterocycles. The first kappa shape index (κ1) is 16.9. The summed E-state index contributed by atoms with van der Waals surface area (Å²) in [4.78, 5) is 8.78. The number of piperidine rings is 1. The van der Waals surface area contributed by atoms with Crippen LogP contribution < -0.4 is 5.73 Å². The molecule has 1 saturated heterocycles. The van der Waals surface area contributed by atoms with E-state index in [2.05, 4.69) is 39.5 Å². The van der Waals surface area contributed by atoms with Crippen molar-refractivity contribution in [2.24, 2.45) is 11.7 Å². The fraction of sp³-hybridized carbons (Fsp3) is 0.824. The highest BCUT2D eigenvalue weighted by Gasteiger charge is 2.25. The van der Waals surface area contributed by atoms with Gasteiger partial charge in [-0.15, -0.1) is 11.3 Å². The van der Waals surface area contributed by atoms with E-state index in [0.717, 1.165) is 18.9 Å². The number of rotatable bonds is 4. The van der Waals surface area contributed by atoms with Gasteiger partial charge in [-0.25, -0.2) is 4.98 Å². The van der Waals surface area contributed by atoms with E-state index in [0.29, 0.717) is 0 Å². The number of nitrogens with zero attached hydrogens (tertiary/aromatic N) is 2. The van der Waals surface area contributed by atoms with Crippen LogP contribution in [-0.4, -0.2) is 29.5 Å². The van der Waals surface area contributed by atoms with Gasteiger partial charge in [-0.05, 0) is 32.2 Å². The van der Waals surface area contributed by atoms with Crippen molar-refractivity contribution in [2.75, 3.05) is 19.6 Å². The van der Waals surface area contributed by atoms with Gasteiger partial charge in [0, 0.05) is 35.8 Å². The van der Waals surface area contributed by atoms with Gasteiger partial charge in [0.1, 0.15) is 0 Å². The van der Waals surface area contributed by atoms with Crippen LogP contribution in [0.1, 0.15) is 69.1 Å². The van der Waals surface area contributed by atoms with Crippen LogP contribution in [0.3, 0.4) is 0 Å². The molecule has 1 aliphatic heterocycles. The van der Waals surface area contributed by atoms with Crippen LogP contribution in [-0.2, 0) is 11.8 Å². The van der Waals surface area contributed by atoms with Crippen LogP contribution in [0, 0.1) is 5.92 Å². The topological polar surface area (TPSA) is 42.2 Å². The van der Waals surface area contributed by atoms with E-state index >= 15 is 0 Å². The van der Waals surface area contributed by atoms with Crippen molar-refractivity contribution in [3.63, 3.8) is 0 Å². The minimum Gasteiger partial charge on any atom is -0.323 e. The Kier molecular flexibility index (Phi) is 5.44. The van der Waals surface area contributed by atoms with Gasteiger partial charge in [-0.3, -0.25) is 0 Å². The first-order valence-electron chi connectivity index (χ1n) is 8.25. The molecule has 2 heterocycles. The molecule has 1 fully saturated rings. The quantitative estimate of drug-likeness (QED) is 0.921. The molecule has 3 nitrogen and oxygen atoms in total. The van der Waals surface area contributed by atoms with E-state index in [-0.39, 0.29) is 11.5 Å². The van der Waals surface area contributed by atoms with Gasteiger partial charge in [0.25, 0.3) is 0 Å². The zero-order valence-corrected chi connectivity index (χ0v) is 15.1. The molecule has 1 aromatic rings. The molecular formula is C17H31N3S. The molecule has 2 unspecified atom stereocenters. The highest BCUT2D eigenvalue weighted by Crippen LogP contribution is 2.33. The van der Waals surface area contributed by atoms with E-state index in [1.54, 1.807) is 0 Å². The van der Waals surface area contributed by atoms with Crippen LogP contribution in [0.15, 0.2) is 0 Å². The average molecular weight is 310 g/mol. The molecular weight excluding hydrogens is 278 g/mol. The molecule has 21 heavy (non-hydrogen) atoms. The monoisotopic (exact) mass is 309 g/mol. The van der Waals surface area contributed by atoms with Gasteiger partial charge in [0.15, 0.2) is 0 Å². The second kappa shape index (κ2) is 6.76. The van der Waals surface area contributed by atoms with Crippen molar-refractivity contribution in [1.29, 1.82) is 0 Å². The summed E-state index contributed by atoms with van der Waals surface area (Å²) >= 11 is 1.82. The largest absolute Gasteiger partial charge is 0.323 e. The SMILES string of the molecule is CC1CCCN(CCc2nc(C(C)(C)C)c(C(C)N)s2)C1. The Balaban J connectivity index is 2.03. The van der Waals surface area contributed by atoms with Crippen molar-refractivity contribution in [3.05, 3.63) is 15.6 Å². The Morgan fingerprint density at radius 1 is 1.43 bits per heavy atom. The minimum atomic E-state index is 0.0807. The third kappa shape index (κ3) is 4.51. The number of nitrogens with two attached hydrogens (primary N) is 1. The van der Waals surface area contributed by atoms with Gasteiger partial charge >= 0.3 is 0 Å². The fourth-order valence-corrected chi connectivity index (χ4v) is 4.29. The molecule has 0 radical (unpaired) electrons. The number of hydrogen-bond acceptors (Lipinski definition) is 4. The fourth-order valence-electron chi connectivity index (χ4n) is 3.07. The second-order valence-electron chi connectivity index (χ2n) is 7.66. The third-order valence-electron chi connectivity index (χ3n) is 4.20. The third-order valence-corrected chi connectivity index (χ3v) is 5.52. The molecule has 0 saturated carbocycles. The Hall–Kier alpha value is -0.450. The predicted molar refractivity (Wildman–Crippen MR) is 92.0 cm³/mol. The summed E-state index contributed by atoms with van der Waals surface area (Å²) < 4.78 is 0. The van der Waals surface area contributed by atoms with E-state index < -0.39 is 0 Å². The summed E-state index contributed by atoms with van der Waals surface area (Å²) in [7, 11) is 0. The minimum absolute atomic E-state index is 0.0807. The van der Waals surface area contributed by atoms with Gasteiger partial charge in [0.05, 0.1) is 10.7 Å². The Morgan fingerprint density at radius 2 is 2.14 bits per heavy atom. The van der Waals surface area contributed by atoms with Gasteiger partial charge in [-0.1, -0.05) is 27.7 Å².